The highest BCUT2D eigenvalue weighted by Crippen LogP contribution is 2.40. The third kappa shape index (κ3) is 3.91. The van der Waals surface area contributed by atoms with E-state index in [1.807, 2.05) is 0 Å². The third-order valence-corrected chi connectivity index (χ3v) is 4.79. The van der Waals surface area contributed by atoms with Crippen LogP contribution in [0.5, 0.6) is 0 Å². The lowest BCUT2D eigenvalue weighted by Gasteiger charge is -2.41. The molecule has 0 spiro atoms. The van der Waals surface area contributed by atoms with Gasteiger partial charge in [-0.15, -0.1) is 0 Å². The Bertz CT molecular complexity index is 263. The molecule has 1 atom stereocenters. The zero-order valence-electron chi connectivity index (χ0n) is 12.5. The average molecular weight is 270 g/mol. The van der Waals surface area contributed by atoms with Crippen LogP contribution in [0.25, 0.3) is 0 Å². The van der Waals surface area contributed by atoms with Crippen LogP contribution in [-0.2, 0) is 4.74 Å². The molecule has 0 aromatic rings. The van der Waals surface area contributed by atoms with Crippen LogP contribution in [0.15, 0.2) is 0 Å². The van der Waals surface area contributed by atoms with E-state index >= 15 is 0 Å². The molecule has 2 rings (SSSR count). The molecule has 1 saturated heterocycles. The molecule has 0 radical (unpaired) electrons. The molecule has 1 heterocycles. The van der Waals surface area contributed by atoms with E-state index in [9.17, 15) is 5.11 Å². The number of nitrogens with one attached hydrogen (secondary N) is 1. The van der Waals surface area contributed by atoms with Gasteiger partial charge in [0.05, 0.1) is 12.1 Å². The largest absolute Gasteiger partial charge is 0.394 e. The van der Waals surface area contributed by atoms with Gasteiger partial charge in [-0.05, 0) is 57.2 Å². The molecule has 4 heteroatoms. The van der Waals surface area contributed by atoms with Crippen LogP contribution < -0.4 is 5.32 Å². The maximum Gasteiger partial charge on any atom is 0.0628 e. The minimum absolute atomic E-state index is 0.0527. The number of aliphatic hydroxyl groups excluding tert-OH is 1. The van der Waals surface area contributed by atoms with Crippen LogP contribution in [0.2, 0.25) is 0 Å². The smallest absolute Gasteiger partial charge is 0.0628 e. The predicted octanol–water partition coefficient (Wildman–Crippen LogP) is 1.10. The van der Waals surface area contributed by atoms with Gasteiger partial charge in [0.15, 0.2) is 0 Å². The second-order valence-corrected chi connectivity index (χ2v) is 6.29. The Kier molecular flexibility index (Phi) is 5.63. The lowest BCUT2D eigenvalue weighted by Crippen LogP contribution is -2.58. The SMILES string of the molecule is CCNC(CO)(CN1CCC(COC)CC1)C1CC1. The van der Waals surface area contributed by atoms with Gasteiger partial charge >= 0.3 is 0 Å². The summed E-state index contributed by atoms with van der Waals surface area (Å²) in [4.78, 5) is 2.53. The van der Waals surface area contributed by atoms with Gasteiger partial charge in [-0.3, -0.25) is 0 Å². The van der Waals surface area contributed by atoms with Gasteiger partial charge in [-0.25, -0.2) is 0 Å². The average Bonchev–Trinajstić information content (AvgIpc) is 3.25. The van der Waals surface area contributed by atoms with E-state index in [0.717, 1.165) is 38.7 Å². The molecule has 112 valence electrons. The zero-order chi connectivity index (χ0) is 13.7. The van der Waals surface area contributed by atoms with Crippen molar-refractivity contribution in [3.8, 4) is 0 Å². The van der Waals surface area contributed by atoms with Crippen molar-refractivity contribution in [1.29, 1.82) is 0 Å². The second kappa shape index (κ2) is 7.02. The Morgan fingerprint density at radius 2 is 1.95 bits per heavy atom. The van der Waals surface area contributed by atoms with E-state index in [-0.39, 0.29) is 12.1 Å². The molecular weight excluding hydrogens is 240 g/mol. The summed E-state index contributed by atoms with van der Waals surface area (Å²) in [5, 5.41) is 13.5. The van der Waals surface area contributed by atoms with E-state index in [1.165, 1.54) is 25.7 Å². The van der Waals surface area contributed by atoms with Gasteiger partial charge in [-0.2, -0.15) is 0 Å². The fraction of sp³-hybridized carbons (Fsp3) is 1.00. The van der Waals surface area contributed by atoms with Crippen LogP contribution in [-0.4, -0.2) is 62.0 Å². The number of hydrogen-bond acceptors (Lipinski definition) is 4. The minimum atomic E-state index is -0.0527. The van der Waals surface area contributed by atoms with Crippen molar-refractivity contribution in [2.24, 2.45) is 11.8 Å². The van der Waals surface area contributed by atoms with E-state index in [4.69, 9.17) is 4.74 Å². The van der Waals surface area contributed by atoms with Gasteiger partial charge in [0.1, 0.15) is 0 Å². The van der Waals surface area contributed by atoms with Crippen molar-refractivity contribution in [3.05, 3.63) is 0 Å². The maximum atomic E-state index is 9.88. The number of methoxy groups -OCH3 is 1. The fourth-order valence-corrected chi connectivity index (χ4v) is 3.50. The predicted molar refractivity (Wildman–Crippen MR) is 77.3 cm³/mol. The Balaban J connectivity index is 1.84. The van der Waals surface area contributed by atoms with Crippen LogP contribution >= 0.6 is 0 Å². The number of aliphatic hydroxyl groups is 1. The summed E-state index contributed by atoms with van der Waals surface area (Å²) in [6.07, 6.45) is 5.00. The molecule has 2 fully saturated rings. The molecule has 2 N–H and O–H groups in total. The molecule has 0 bridgehead atoms. The Morgan fingerprint density at radius 1 is 1.26 bits per heavy atom. The number of likely N-dealkylation sites (N-methyl/N-ethyl adjacent to an activating group) is 1. The summed E-state index contributed by atoms with van der Waals surface area (Å²) < 4.78 is 5.25. The third-order valence-electron chi connectivity index (χ3n) is 4.79. The molecule has 0 aromatic heterocycles. The lowest BCUT2D eigenvalue weighted by atomic mass is 9.90. The van der Waals surface area contributed by atoms with Crippen molar-refractivity contribution in [2.45, 2.75) is 38.1 Å². The monoisotopic (exact) mass is 270 g/mol. The molecular formula is C15H30N2O2. The highest BCUT2D eigenvalue weighted by Gasteiger charge is 2.45. The summed E-state index contributed by atoms with van der Waals surface area (Å²) in [7, 11) is 1.79. The van der Waals surface area contributed by atoms with Gasteiger partial charge in [-0.1, -0.05) is 6.92 Å². The summed E-state index contributed by atoms with van der Waals surface area (Å²) in [5.41, 5.74) is -0.0527. The van der Waals surface area contributed by atoms with Crippen molar-refractivity contribution >= 4 is 0 Å². The molecule has 2 aliphatic rings. The molecule has 1 unspecified atom stereocenters. The van der Waals surface area contributed by atoms with Crippen molar-refractivity contribution < 1.29 is 9.84 Å². The summed E-state index contributed by atoms with van der Waals surface area (Å²) >= 11 is 0. The normalized spacial score (nSPS) is 25.4. The molecule has 4 nitrogen and oxygen atoms in total. The van der Waals surface area contributed by atoms with E-state index < -0.39 is 0 Å². The van der Waals surface area contributed by atoms with Crippen molar-refractivity contribution in [2.75, 3.05) is 46.5 Å². The Morgan fingerprint density at radius 3 is 2.42 bits per heavy atom. The fourth-order valence-electron chi connectivity index (χ4n) is 3.50. The van der Waals surface area contributed by atoms with Crippen molar-refractivity contribution in [1.82, 2.24) is 10.2 Å². The number of piperidine rings is 1. The number of rotatable bonds is 8. The Labute approximate surface area is 117 Å². The number of nitrogens with zero attached hydrogens (tertiary/aromatic N) is 1. The van der Waals surface area contributed by atoms with Gasteiger partial charge in [0.2, 0.25) is 0 Å². The second-order valence-electron chi connectivity index (χ2n) is 6.29. The van der Waals surface area contributed by atoms with Crippen LogP contribution in [0.4, 0.5) is 0 Å². The molecule has 1 saturated carbocycles. The van der Waals surface area contributed by atoms with Gasteiger partial charge in [0.25, 0.3) is 0 Å². The number of likely N-dealkylation sites (tertiary alicyclic amines) is 1. The first kappa shape index (κ1) is 15.2. The number of hydrogen-bond donors (Lipinski definition) is 2. The van der Waals surface area contributed by atoms with Crippen LogP contribution in [0, 0.1) is 11.8 Å². The first-order chi connectivity index (χ1) is 9.24. The van der Waals surface area contributed by atoms with E-state index in [1.54, 1.807) is 7.11 Å². The zero-order valence-corrected chi connectivity index (χ0v) is 12.5. The van der Waals surface area contributed by atoms with Crippen LogP contribution in [0.1, 0.15) is 32.6 Å². The van der Waals surface area contributed by atoms with E-state index in [0.29, 0.717) is 5.92 Å². The summed E-state index contributed by atoms with van der Waals surface area (Å²) in [6.45, 7) is 7.54. The van der Waals surface area contributed by atoms with Crippen LogP contribution in [0.3, 0.4) is 0 Å². The molecule has 0 amide bonds. The lowest BCUT2D eigenvalue weighted by molar-refractivity contribution is 0.0565. The van der Waals surface area contributed by atoms with Crippen molar-refractivity contribution in [3.63, 3.8) is 0 Å². The summed E-state index contributed by atoms with van der Waals surface area (Å²) in [5.74, 6) is 1.40. The first-order valence-electron chi connectivity index (χ1n) is 7.81. The van der Waals surface area contributed by atoms with E-state index in [2.05, 4.69) is 17.1 Å². The molecule has 1 aliphatic heterocycles. The highest BCUT2D eigenvalue weighted by atomic mass is 16.5. The highest BCUT2D eigenvalue weighted by molar-refractivity contribution is 5.03. The summed E-state index contributed by atoms with van der Waals surface area (Å²) in [6, 6.07) is 0. The maximum absolute atomic E-state index is 9.88. The van der Waals surface area contributed by atoms with Gasteiger partial charge in [0, 0.05) is 20.3 Å². The first-order valence-corrected chi connectivity index (χ1v) is 7.81. The number of ether oxygens (including phenoxy) is 1. The molecule has 19 heavy (non-hydrogen) atoms. The van der Waals surface area contributed by atoms with Gasteiger partial charge < -0.3 is 20.1 Å². The molecule has 0 aromatic carbocycles. The minimum Gasteiger partial charge on any atom is -0.394 e. The standard InChI is InChI=1S/C15H30N2O2/c1-3-16-15(12-18,14-4-5-14)11-17-8-6-13(7-9-17)10-19-2/h13-14,16,18H,3-12H2,1-2H3. The molecule has 1 aliphatic carbocycles. The quantitative estimate of drug-likeness (QED) is 0.693. The topological polar surface area (TPSA) is 44.7 Å². The Hall–Kier alpha value is -0.160.